The first-order chi connectivity index (χ1) is 10.1. The second-order valence-corrected chi connectivity index (χ2v) is 4.40. The van der Waals surface area contributed by atoms with E-state index in [-0.39, 0.29) is 11.6 Å². The van der Waals surface area contributed by atoms with E-state index >= 15 is 0 Å². The van der Waals surface area contributed by atoms with Crippen molar-refractivity contribution in [2.45, 2.75) is 6.54 Å². The molecule has 108 valence electrons. The van der Waals surface area contributed by atoms with E-state index in [0.29, 0.717) is 12.2 Å². The molecule has 0 atom stereocenters. The molecule has 0 spiro atoms. The van der Waals surface area contributed by atoms with Crippen LogP contribution in [0.1, 0.15) is 15.9 Å². The predicted molar refractivity (Wildman–Crippen MR) is 78.3 cm³/mol. The van der Waals surface area contributed by atoms with Gasteiger partial charge >= 0.3 is 12.0 Å². The van der Waals surface area contributed by atoms with Gasteiger partial charge in [-0.05, 0) is 23.8 Å². The highest BCUT2D eigenvalue weighted by Gasteiger charge is 2.17. The van der Waals surface area contributed by atoms with Gasteiger partial charge in [0, 0.05) is 26.0 Å². The van der Waals surface area contributed by atoms with Crippen molar-refractivity contribution in [3.8, 4) is 0 Å². The number of rotatable bonds is 4. The standard InChI is InChI=1S/C15H15N3O3/c1-18(13-7-3-2-6-12(13)14(19)20)15(21)17-10-11-5-4-8-16-9-11/h2-9H,10H2,1H3,(H,17,21)(H,19,20). The molecule has 2 amide bonds. The molecule has 0 aliphatic heterocycles. The van der Waals surface area contributed by atoms with Gasteiger partial charge < -0.3 is 10.4 Å². The summed E-state index contributed by atoms with van der Waals surface area (Å²) >= 11 is 0. The van der Waals surface area contributed by atoms with Crippen LogP contribution in [-0.4, -0.2) is 29.1 Å². The van der Waals surface area contributed by atoms with Crippen molar-refractivity contribution in [1.29, 1.82) is 0 Å². The lowest BCUT2D eigenvalue weighted by atomic mass is 10.1. The number of aromatic nitrogens is 1. The number of urea groups is 1. The monoisotopic (exact) mass is 285 g/mol. The summed E-state index contributed by atoms with van der Waals surface area (Å²) in [4.78, 5) is 28.5. The molecule has 6 heteroatoms. The number of para-hydroxylation sites is 1. The third kappa shape index (κ3) is 3.56. The zero-order chi connectivity index (χ0) is 15.2. The SMILES string of the molecule is CN(C(=O)NCc1cccnc1)c1ccccc1C(=O)O. The number of carboxylic acids is 1. The number of carboxylic acid groups (broad SMARTS) is 1. The summed E-state index contributed by atoms with van der Waals surface area (Å²) in [6.45, 7) is 0.326. The van der Waals surface area contributed by atoms with Crippen molar-refractivity contribution >= 4 is 17.7 Å². The normalized spacial score (nSPS) is 9.95. The highest BCUT2D eigenvalue weighted by atomic mass is 16.4. The summed E-state index contributed by atoms with van der Waals surface area (Å²) in [5.74, 6) is -1.07. The third-order valence-corrected chi connectivity index (χ3v) is 2.97. The Balaban J connectivity index is 2.08. The van der Waals surface area contributed by atoms with Crippen LogP contribution in [0.3, 0.4) is 0 Å². The maximum Gasteiger partial charge on any atom is 0.337 e. The van der Waals surface area contributed by atoms with Crippen LogP contribution in [0.25, 0.3) is 0 Å². The summed E-state index contributed by atoms with van der Waals surface area (Å²) in [5, 5.41) is 11.9. The first-order valence-electron chi connectivity index (χ1n) is 6.32. The molecule has 0 saturated carbocycles. The molecule has 0 radical (unpaired) electrons. The van der Waals surface area contributed by atoms with Crippen molar-refractivity contribution in [2.24, 2.45) is 0 Å². The molecule has 1 aromatic heterocycles. The highest BCUT2D eigenvalue weighted by Crippen LogP contribution is 2.19. The number of carbonyl (C=O) groups is 2. The van der Waals surface area contributed by atoms with E-state index in [4.69, 9.17) is 5.11 Å². The molecule has 0 aliphatic carbocycles. The topological polar surface area (TPSA) is 82.5 Å². The van der Waals surface area contributed by atoms with Crippen LogP contribution in [-0.2, 0) is 6.54 Å². The van der Waals surface area contributed by atoms with E-state index in [0.717, 1.165) is 5.56 Å². The van der Waals surface area contributed by atoms with Gasteiger partial charge in [0.2, 0.25) is 0 Å². The van der Waals surface area contributed by atoms with Crippen molar-refractivity contribution in [1.82, 2.24) is 10.3 Å². The van der Waals surface area contributed by atoms with Crippen LogP contribution in [0.4, 0.5) is 10.5 Å². The Hall–Kier alpha value is -2.89. The second kappa shape index (κ2) is 6.51. The second-order valence-electron chi connectivity index (χ2n) is 4.40. The largest absolute Gasteiger partial charge is 0.478 e. The Bertz CT molecular complexity index is 644. The van der Waals surface area contributed by atoms with Crippen LogP contribution in [0, 0.1) is 0 Å². The Labute approximate surface area is 122 Å². The summed E-state index contributed by atoms with van der Waals surface area (Å²) < 4.78 is 0. The fourth-order valence-electron chi connectivity index (χ4n) is 1.86. The number of benzene rings is 1. The first-order valence-corrected chi connectivity index (χ1v) is 6.32. The molecule has 0 saturated heterocycles. The van der Waals surface area contributed by atoms with Crippen LogP contribution >= 0.6 is 0 Å². The average molecular weight is 285 g/mol. The smallest absolute Gasteiger partial charge is 0.337 e. The molecule has 0 aliphatic rings. The van der Waals surface area contributed by atoms with E-state index in [9.17, 15) is 9.59 Å². The molecule has 2 aromatic rings. The quantitative estimate of drug-likeness (QED) is 0.901. The van der Waals surface area contributed by atoms with Crippen LogP contribution in [0.15, 0.2) is 48.8 Å². The van der Waals surface area contributed by atoms with E-state index in [1.807, 2.05) is 6.07 Å². The Morgan fingerprint density at radius 3 is 2.67 bits per heavy atom. The number of carbonyl (C=O) groups excluding carboxylic acids is 1. The molecule has 1 aromatic carbocycles. The lowest BCUT2D eigenvalue weighted by molar-refractivity contribution is 0.0697. The molecule has 0 unspecified atom stereocenters. The minimum atomic E-state index is -1.07. The van der Waals surface area contributed by atoms with E-state index < -0.39 is 5.97 Å². The number of amides is 2. The number of hydrogen-bond donors (Lipinski definition) is 2. The molecular weight excluding hydrogens is 270 g/mol. The molecule has 1 heterocycles. The number of pyridine rings is 1. The molecule has 2 N–H and O–H groups in total. The molecular formula is C15H15N3O3. The first kappa shape index (κ1) is 14.5. The van der Waals surface area contributed by atoms with Gasteiger partial charge in [-0.15, -0.1) is 0 Å². The number of nitrogens with one attached hydrogen (secondary N) is 1. The molecule has 2 rings (SSSR count). The summed E-state index contributed by atoms with van der Waals surface area (Å²) in [6, 6.07) is 9.60. The van der Waals surface area contributed by atoms with Gasteiger partial charge in [-0.25, -0.2) is 9.59 Å². The van der Waals surface area contributed by atoms with Gasteiger partial charge in [-0.2, -0.15) is 0 Å². The van der Waals surface area contributed by atoms with Gasteiger partial charge in [0.15, 0.2) is 0 Å². The molecule has 21 heavy (non-hydrogen) atoms. The minimum absolute atomic E-state index is 0.0801. The summed E-state index contributed by atoms with van der Waals surface area (Å²) in [6.07, 6.45) is 3.31. The average Bonchev–Trinajstić information content (AvgIpc) is 2.52. The number of hydrogen-bond acceptors (Lipinski definition) is 3. The maximum atomic E-state index is 12.1. The van der Waals surface area contributed by atoms with Gasteiger partial charge in [0.25, 0.3) is 0 Å². The Morgan fingerprint density at radius 2 is 2.00 bits per heavy atom. The van der Waals surface area contributed by atoms with Crippen LogP contribution < -0.4 is 10.2 Å². The van der Waals surface area contributed by atoms with Gasteiger partial charge in [-0.3, -0.25) is 9.88 Å². The lowest BCUT2D eigenvalue weighted by Crippen LogP contribution is -2.37. The van der Waals surface area contributed by atoms with Crippen molar-refractivity contribution in [3.05, 3.63) is 59.9 Å². The van der Waals surface area contributed by atoms with Crippen molar-refractivity contribution < 1.29 is 14.7 Å². The van der Waals surface area contributed by atoms with Gasteiger partial charge in [0.1, 0.15) is 0 Å². The highest BCUT2D eigenvalue weighted by molar-refractivity contribution is 6.01. The van der Waals surface area contributed by atoms with Crippen LogP contribution in [0.2, 0.25) is 0 Å². The summed E-state index contributed by atoms with van der Waals surface area (Å²) in [5.41, 5.74) is 1.29. The third-order valence-electron chi connectivity index (χ3n) is 2.97. The Kier molecular flexibility index (Phi) is 4.50. The van der Waals surface area contributed by atoms with E-state index in [1.54, 1.807) is 36.7 Å². The van der Waals surface area contributed by atoms with Crippen molar-refractivity contribution in [3.63, 3.8) is 0 Å². The zero-order valence-electron chi connectivity index (χ0n) is 11.5. The fraction of sp³-hybridized carbons (Fsp3) is 0.133. The van der Waals surface area contributed by atoms with Gasteiger partial charge in [0.05, 0.1) is 11.3 Å². The molecule has 0 fully saturated rings. The molecule has 0 bridgehead atoms. The van der Waals surface area contributed by atoms with Crippen molar-refractivity contribution in [2.75, 3.05) is 11.9 Å². The number of nitrogens with zero attached hydrogens (tertiary/aromatic N) is 2. The predicted octanol–water partition coefficient (Wildman–Crippen LogP) is 2.13. The maximum absolute atomic E-state index is 12.1. The van der Waals surface area contributed by atoms with E-state index in [2.05, 4.69) is 10.3 Å². The lowest BCUT2D eigenvalue weighted by Gasteiger charge is -2.19. The van der Waals surface area contributed by atoms with Gasteiger partial charge in [-0.1, -0.05) is 18.2 Å². The number of aromatic carboxylic acids is 1. The van der Waals surface area contributed by atoms with Crippen LogP contribution in [0.5, 0.6) is 0 Å². The fourth-order valence-corrected chi connectivity index (χ4v) is 1.86. The van der Waals surface area contributed by atoms with E-state index in [1.165, 1.54) is 18.0 Å². The minimum Gasteiger partial charge on any atom is -0.478 e. The Morgan fingerprint density at radius 1 is 1.24 bits per heavy atom. The zero-order valence-corrected chi connectivity index (χ0v) is 11.5. The molecule has 6 nitrogen and oxygen atoms in total. The summed E-state index contributed by atoms with van der Waals surface area (Å²) in [7, 11) is 1.53. The number of anilines is 1.